The van der Waals surface area contributed by atoms with Crippen molar-refractivity contribution in [2.24, 2.45) is 11.7 Å². The van der Waals surface area contributed by atoms with E-state index in [0.717, 1.165) is 6.42 Å². The lowest BCUT2D eigenvalue weighted by Gasteiger charge is -2.21. The summed E-state index contributed by atoms with van der Waals surface area (Å²) in [4.78, 5) is 13.5. The number of hydrogen-bond donors (Lipinski definition) is 1. The molecule has 4 nitrogen and oxygen atoms in total. The Bertz CT molecular complexity index is 385. The Kier molecular flexibility index (Phi) is 9.01. The molecule has 0 spiro atoms. The molecule has 0 saturated carbocycles. The largest absolute Gasteiger partial charge is 0.484 e. The maximum absolute atomic E-state index is 11.9. The highest BCUT2D eigenvalue weighted by molar-refractivity contribution is 5.85. The standard InChI is InChI=1S/C15H24N2O2.ClH/c1-12(2)14(16)9-10-17(3)15(18)11-19-13-7-5-4-6-8-13;/h4-8,12,14H,9-11,16H2,1-3H3;1H. The van der Waals surface area contributed by atoms with Crippen molar-refractivity contribution in [2.75, 3.05) is 20.2 Å². The first-order chi connectivity index (χ1) is 9.00. The Hall–Kier alpha value is -1.26. The van der Waals surface area contributed by atoms with E-state index in [4.69, 9.17) is 10.5 Å². The van der Waals surface area contributed by atoms with E-state index in [2.05, 4.69) is 13.8 Å². The average Bonchev–Trinajstić information content (AvgIpc) is 2.42. The summed E-state index contributed by atoms with van der Waals surface area (Å²) in [5.74, 6) is 1.12. The van der Waals surface area contributed by atoms with Crippen molar-refractivity contribution in [3.63, 3.8) is 0 Å². The average molecular weight is 301 g/mol. The summed E-state index contributed by atoms with van der Waals surface area (Å²) >= 11 is 0. The summed E-state index contributed by atoms with van der Waals surface area (Å²) < 4.78 is 5.42. The van der Waals surface area contributed by atoms with Gasteiger partial charge >= 0.3 is 0 Å². The van der Waals surface area contributed by atoms with Crippen LogP contribution in [0.25, 0.3) is 0 Å². The van der Waals surface area contributed by atoms with Crippen LogP contribution in [0.4, 0.5) is 0 Å². The van der Waals surface area contributed by atoms with Gasteiger partial charge in [0.05, 0.1) is 0 Å². The molecule has 114 valence electrons. The Morgan fingerprint density at radius 2 is 1.90 bits per heavy atom. The monoisotopic (exact) mass is 300 g/mol. The van der Waals surface area contributed by atoms with Crippen LogP contribution in [0.3, 0.4) is 0 Å². The number of para-hydroxylation sites is 1. The van der Waals surface area contributed by atoms with Gasteiger partial charge in [-0.2, -0.15) is 0 Å². The lowest BCUT2D eigenvalue weighted by atomic mass is 10.0. The molecule has 0 aliphatic carbocycles. The molecule has 0 aliphatic rings. The van der Waals surface area contributed by atoms with Gasteiger partial charge in [0.25, 0.3) is 5.91 Å². The molecular formula is C15H25ClN2O2. The molecule has 2 N–H and O–H groups in total. The van der Waals surface area contributed by atoms with E-state index in [0.29, 0.717) is 18.2 Å². The van der Waals surface area contributed by atoms with E-state index < -0.39 is 0 Å². The minimum absolute atomic E-state index is 0. The first-order valence-corrected chi connectivity index (χ1v) is 6.68. The number of nitrogens with zero attached hydrogens (tertiary/aromatic N) is 1. The molecule has 1 rings (SSSR count). The Balaban J connectivity index is 0.00000361. The van der Waals surface area contributed by atoms with Crippen molar-refractivity contribution in [2.45, 2.75) is 26.3 Å². The quantitative estimate of drug-likeness (QED) is 0.841. The molecule has 0 fully saturated rings. The SMILES string of the molecule is CC(C)C(N)CCN(C)C(=O)COc1ccccc1.Cl. The zero-order valence-electron chi connectivity index (χ0n) is 12.4. The minimum Gasteiger partial charge on any atom is -0.484 e. The fourth-order valence-electron chi connectivity index (χ4n) is 1.57. The number of carbonyl (C=O) groups excluding carboxylic acids is 1. The number of halogens is 1. The van der Waals surface area contributed by atoms with E-state index in [1.54, 1.807) is 11.9 Å². The predicted molar refractivity (Wildman–Crippen MR) is 84.3 cm³/mol. The Labute approximate surface area is 127 Å². The molecule has 1 aromatic rings. The first kappa shape index (κ1) is 18.7. The van der Waals surface area contributed by atoms with Crippen molar-refractivity contribution in [1.29, 1.82) is 0 Å². The van der Waals surface area contributed by atoms with Gasteiger partial charge in [0.15, 0.2) is 6.61 Å². The number of likely N-dealkylation sites (N-methyl/N-ethyl adjacent to an activating group) is 1. The van der Waals surface area contributed by atoms with Crippen LogP contribution in [0.2, 0.25) is 0 Å². The molecule has 1 amide bonds. The molecule has 0 heterocycles. The number of hydrogen-bond acceptors (Lipinski definition) is 3. The van der Waals surface area contributed by atoms with E-state index in [1.165, 1.54) is 0 Å². The van der Waals surface area contributed by atoms with E-state index in [-0.39, 0.29) is 31.0 Å². The van der Waals surface area contributed by atoms with Gasteiger partial charge in [-0.05, 0) is 24.5 Å². The maximum atomic E-state index is 11.9. The molecule has 0 bridgehead atoms. The topological polar surface area (TPSA) is 55.6 Å². The maximum Gasteiger partial charge on any atom is 0.260 e. The summed E-state index contributed by atoms with van der Waals surface area (Å²) in [7, 11) is 1.78. The van der Waals surface area contributed by atoms with Crippen LogP contribution in [0.15, 0.2) is 30.3 Å². The highest BCUT2D eigenvalue weighted by Gasteiger charge is 2.13. The van der Waals surface area contributed by atoms with E-state index in [9.17, 15) is 4.79 Å². The van der Waals surface area contributed by atoms with Crippen molar-refractivity contribution < 1.29 is 9.53 Å². The minimum atomic E-state index is -0.0280. The zero-order valence-corrected chi connectivity index (χ0v) is 13.2. The third kappa shape index (κ3) is 6.78. The molecule has 0 aliphatic heterocycles. The van der Waals surface area contributed by atoms with Crippen molar-refractivity contribution >= 4 is 18.3 Å². The van der Waals surface area contributed by atoms with Gasteiger partial charge in [-0.3, -0.25) is 4.79 Å². The van der Waals surface area contributed by atoms with E-state index in [1.807, 2.05) is 30.3 Å². The number of ether oxygens (including phenoxy) is 1. The van der Waals surface area contributed by atoms with Crippen LogP contribution in [-0.4, -0.2) is 37.0 Å². The van der Waals surface area contributed by atoms with Crippen LogP contribution in [0, 0.1) is 5.92 Å². The molecule has 1 unspecified atom stereocenters. The fourth-order valence-corrected chi connectivity index (χ4v) is 1.57. The number of amides is 1. The van der Waals surface area contributed by atoms with Gasteiger partial charge in [-0.1, -0.05) is 32.0 Å². The second-order valence-electron chi connectivity index (χ2n) is 5.11. The molecule has 1 aromatic carbocycles. The molecule has 1 atom stereocenters. The first-order valence-electron chi connectivity index (χ1n) is 6.68. The summed E-state index contributed by atoms with van der Waals surface area (Å²) in [5.41, 5.74) is 5.96. The van der Waals surface area contributed by atoms with Gasteiger partial charge < -0.3 is 15.4 Å². The molecule has 0 aromatic heterocycles. The lowest BCUT2D eigenvalue weighted by molar-refractivity contribution is -0.132. The van der Waals surface area contributed by atoms with Crippen molar-refractivity contribution in [1.82, 2.24) is 4.90 Å². The van der Waals surface area contributed by atoms with Crippen LogP contribution in [0.5, 0.6) is 5.75 Å². The second kappa shape index (κ2) is 9.61. The highest BCUT2D eigenvalue weighted by Crippen LogP contribution is 2.08. The summed E-state index contributed by atoms with van der Waals surface area (Å²) in [5, 5.41) is 0. The number of carbonyl (C=O) groups is 1. The number of nitrogens with two attached hydrogens (primary N) is 1. The molecule has 5 heteroatoms. The van der Waals surface area contributed by atoms with Gasteiger partial charge in [-0.25, -0.2) is 0 Å². The smallest absolute Gasteiger partial charge is 0.260 e. The van der Waals surface area contributed by atoms with Gasteiger partial charge in [0.1, 0.15) is 5.75 Å². The third-order valence-corrected chi connectivity index (χ3v) is 3.19. The van der Waals surface area contributed by atoms with Crippen LogP contribution >= 0.6 is 12.4 Å². The molecule has 20 heavy (non-hydrogen) atoms. The van der Waals surface area contributed by atoms with E-state index >= 15 is 0 Å². The molecular weight excluding hydrogens is 276 g/mol. The van der Waals surface area contributed by atoms with Crippen LogP contribution < -0.4 is 10.5 Å². The lowest BCUT2D eigenvalue weighted by Crippen LogP contribution is -2.36. The number of benzene rings is 1. The van der Waals surface area contributed by atoms with Crippen LogP contribution in [0.1, 0.15) is 20.3 Å². The third-order valence-electron chi connectivity index (χ3n) is 3.19. The van der Waals surface area contributed by atoms with Gasteiger partial charge in [0.2, 0.25) is 0 Å². The number of rotatable bonds is 7. The summed E-state index contributed by atoms with van der Waals surface area (Å²) in [6, 6.07) is 9.47. The van der Waals surface area contributed by atoms with Gasteiger partial charge in [0, 0.05) is 19.6 Å². The predicted octanol–water partition coefficient (Wildman–Crippen LogP) is 2.32. The zero-order chi connectivity index (χ0) is 14.3. The normalized spacial score (nSPS) is 11.7. The highest BCUT2D eigenvalue weighted by atomic mass is 35.5. The van der Waals surface area contributed by atoms with Gasteiger partial charge in [-0.15, -0.1) is 12.4 Å². The molecule has 0 saturated heterocycles. The Morgan fingerprint density at radius 3 is 2.45 bits per heavy atom. The fraction of sp³-hybridized carbons (Fsp3) is 0.533. The van der Waals surface area contributed by atoms with Crippen molar-refractivity contribution in [3.8, 4) is 5.75 Å². The second-order valence-corrected chi connectivity index (χ2v) is 5.11. The Morgan fingerprint density at radius 1 is 1.30 bits per heavy atom. The summed E-state index contributed by atoms with van der Waals surface area (Å²) in [6.07, 6.45) is 0.811. The van der Waals surface area contributed by atoms with Crippen LogP contribution in [-0.2, 0) is 4.79 Å². The van der Waals surface area contributed by atoms with Crippen molar-refractivity contribution in [3.05, 3.63) is 30.3 Å². The molecule has 0 radical (unpaired) electrons. The summed E-state index contributed by atoms with van der Waals surface area (Å²) in [6.45, 7) is 4.91.